The zero-order valence-corrected chi connectivity index (χ0v) is 16.1. The van der Waals surface area contributed by atoms with Gasteiger partial charge in [0.15, 0.2) is 0 Å². The van der Waals surface area contributed by atoms with E-state index in [0.29, 0.717) is 36.4 Å². The number of amides is 1. The standard InChI is InChI=1S/C20H29NO5/c1-5-14(3)26-17-10-9-15(13-16(17)18(22)24-4)21-19(23)20(25-6-2)11-7-8-12-20/h9-10,13-14H,5-8,11-12H2,1-4H3,(H,21,23). The summed E-state index contributed by atoms with van der Waals surface area (Å²) in [6, 6.07) is 5.02. The molecule has 1 aromatic carbocycles. The van der Waals surface area contributed by atoms with Gasteiger partial charge in [0.2, 0.25) is 0 Å². The van der Waals surface area contributed by atoms with E-state index in [1.165, 1.54) is 7.11 Å². The Hall–Kier alpha value is -2.08. The molecule has 0 aliphatic heterocycles. The first-order valence-corrected chi connectivity index (χ1v) is 9.30. The van der Waals surface area contributed by atoms with E-state index < -0.39 is 11.6 Å². The number of hydrogen-bond donors (Lipinski definition) is 1. The zero-order chi connectivity index (χ0) is 19.2. The Morgan fingerprint density at radius 2 is 1.92 bits per heavy atom. The number of anilines is 1. The Morgan fingerprint density at radius 3 is 2.50 bits per heavy atom. The maximum absolute atomic E-state index is 12.8. The topological polar surface area (TPSA) is 73.9 Å². The summed E-state index contributed by atoms with van der Waals surface area (Å²) in [6.07, 6.45) is 4.16. The first-order valence-electron chi connectivity index (χ1n) is 9.30. The van der Waals surface area contributed by atoms with Gasteiger partial charge >= 0.3 is 5.97 Å². The van der Waals surface area contributed by atoms with Crippen LogP contribution in [0.5, 0.6) is 5.75 Å². The molecule has 6 heteroatoms. The van der Waals surface area contributed by atoms with E-state index in [1.54, 1.807) is 18.2 Å². The number of esters is 1. The molecule has 1 atom stereocenters. The molecular weight excluding hydrogens is 334 g/mol. The summed E-state index contributed by atoms with van der Waals surface area (Å²) in [4.78, 5) is 24.9. The minimum atomic E-state index is -0.772. The van der Waals surface area contributed by atoms with Crippen molar-refractivity contribution in [3.05, 3.63) is 23.8 Å². The van der Waals surface area contributed by atoms with Crippen LogP contribution in [0.1, 0.15) is 63.2 Å². The number of carbonyl (C=O) groups excluding carboxylic acids is 2. The van der Waals surface area contributed by atoms with Crippen molar-refractivity contribution in [3.63, 3.8) is 0 Å². The van der Waals surface area contributed by atoms with Crippen LogP contribution in [-0.4, -0.2) is 37.3 Å². The number of hydrogen-bond acceptors (Lipinski definition) is 5. The van der Waals surface area contributed by atoms with Crippen molar-refractivity contribution in [3.8, 4) is 5.75 Å². The van der Waals surface area contributed by atoms with Gasteiger partial charge in [-0.25, -0.2) is 4.79 Å². The number of carbonyl (C=O) groups is 2. The fourth-order valence-electron chi connectivity index (χ4n) is 3.18. The van der Waals surface area contributed by atoms with Gasteiger partial charge in [-0.2, -0.15) is 0 Å². The summed E-state index contributed by atoms with van der Waals surface area (Å²) < 4.78 is 16.4. The molecule has 1 unspecified atom stereocenters. The molecule has 1 saturated carbocycles. The molecule has 0 aromatic heterocycles. The fraction of sp³-hybridized carbons (Fsp3) is 0.600. The zero-order valence-electron chi connectivity index (χ0n) is 16.1. The van der Waals surface area contributed by atoms with Crippen molar-refractivity contribution in [1.29, 1.82) is 0 Å². The fourth-order valence-corrected chi connectivity index (χ4v) is 3.18. The normalized spacial score (nSPS) is 16.8. The van der Waals surface area contributed by atoms with Gasteiger partial charge in [0.25, 0.3) is 5.91 Å². The monoisotopic (exact) mass is 363 g/mol. The van der Waals surface area contributed by atoms with Crippen molar-refractivity contribution < 1.29 is 23.8 Å². The highest BCUT2D eigenvalue weighted by Crippen LogP contribution is 2.35. The molecule has 1 aliphatic carbocycles. The molecule has 1 aromatic rings. The Morgan fingerprint density at radius 1 is 1.23 bits per heavy atom. The predicted octanol–water partition coefficient (Wildman–Crippen LogP) is 3.94. The third-order valence-electron chi connectivity index (χ3n) is 4.79. The Kier molecular flexibility index (Phi) is 7.03. The number of ether oxygens (including phenoxy) is 3. The molecule has 144 valence electrons. The summed E-state index contributed by atoms with van der Waals surface area (Å²) in [5.41, 5.74) is 0.0480. The molecule has 0 saturated heterocycles. The first-order chi connectivity index (χ1) is 12.5. The van der Waals surface area contributed by atoms with Crippen LogP contribution < -0.4 is 10.1 Å². The molecule has 1 aliphatic rings. The maximum atomic E-state index is 12.8. The lowest BCUT2D eigenvalue weighted by molar-refractivity contribution is -0.140. The van der Waals surface area contributed by atoms with E-state index in [0.717, 1.165) is 19.3 Å². The first kappa shape index (κ1) is 20.2. The molecule has 26 heavy (non-hydrogen) atoms. The highest BCUT2D eigenvalue weighted by molar-refractivity contribution is 5.99. The smallest absolute Gasteiger partial charge is 0.341 e. The maximum Gasteiger partial charge on any atom is 0.341 e. The van der Waals surface area contributed by atoms with Crippen LogP contribution >= 0.6 is 0 Å². The Balaban J connectivity index is 2.24. The lowest BCUT2D eigenvalue weighted by Crippen LogP contribution is -2.43. The van der Waals surface area contributed by atoms with Crippen LogP contribution in [0.2, 0.25) is 0 Å². The van der Waals surface area contributed by atoms with E-state index in [1.807, 2.05) is 20.8 Å². The van der Waals surface area contributed by atoms with Crippen LogP contribution in [0, 0.1) is 0 Å². The van der Waals surface area contributed by atoms with Crippen molar-refractivity contribution in [2.45, 2.75) is 64.6 Å². The van der Waals surface area contributed by atoms with E-state index in [2.05, 4.69) is 5.32 Å². The predicted molar refractivity (Wildman–Crippen MR) is 99.6 cm³/mol. The molecule has 0 heterocycles. The van der Waals surface area contributed by atoms with Gasteiger partial charge in [-0.05, 0) is 64.2 Å². The van der Waals surface area contributed by atoms with Crippen LogP contribution in [0.15, 0.2) is 18.2 Å². The third-order valence-corrected chi connectivity index (χ3v) is 4.79. The number of rotatable bonds is 8. The summed E-state index contributed by atoms with van der Waals surface area (Å²) in [5, 5.41) is 2.90. The largest absolute Gasteiger partial charge is 0.490 e. The summed E-state index contributed by atoms with van der Waals surface area (Å²) in [5.74, 6) is -0.215. The molecule has 1 N–H and O–H groups in total. The second kappa shape index (κ2) is 9.03. The molecule has 0 spiro atoms. The van der Waals surface area contributed by atoms with E-state index >= 15 is 0 Å². The third kappa shape index (κ3) is 4.55. The van der Waals surface area contributed by atoms with Crippen molar-refractivity contribution in [2.24, 2.45) is 0 Å². The van der Waals surface area contributed by atoms with Crippen LogP contribution in [0.25, 0.3) is 0 Å². The minimum Gasteiger partial charge on any atom is -0.490 e. The van der Waals surface area contributed by atoms with Crippen LogP contribution in [0.3, 0.4) is 0 Å². The molecule has 2 rings (SSSR count). The lowest BCUT2D eigenvalue weighted by Gasteiger charge is -2.27. The van der Waals surface area contributed by atoms with Crippen molar-refractivity contribution >= 4 is 17.6 Å². The lowest BCUT2D eigenvalue weighted by atomic mass is 10.0. The quantitative estimate of drug-likeness (QED) is 0.708. The van der Waals surface area contributed by atoms with Gasteiger partial charge < -0.3 is 19.5 Å². The van der Waals surface area contributed by atoms with Crippen molar-refractivity contribution in [2.75, 3.05) is 19.0 Å². The number of methoxy groups -OCH3 is 1. The van der Waals surface area contributed by atoms with Gasteiger partial charge in [-0.1, -0.05) is 6.92 Å². The van der Waals surface area contributed by atoms with Gasteiger partial charge in [0.1, 0.15) is 16.9 Å². The molecule has 1 fully saturated rings. The molecular formula is C20H29NO5. The summed E-state index contributed by atoms with van der Waals surface area (Å²) >= 11 is 0. The van der Waals surface area contributed by atoms with Gasteiger partial charge in [0.05, 0.1) is 13.2 Å². The SMILES string of the molecule is CCOC1(C(=O)Nc2ccc(OC(C)CC)c(C(=O)OC)c2)CCCC1. The van der Waals surface area contributed by atoms with Crippen LogP contribution in [0.4, 0.5) is 5.69 Å². The van der Waals surface area contributed by atoms with E-state index in [4.69, 9.17) is 14.2 Å². The Bertz CT molecular complexity index is 637. The van der Waals surface area contributed by atoms with Crippen LogP contribution in [-0.2, 0) is 14.3 Å². The van der Waals surface area contributed by atoms with E-state index in [-0.39, 0.29) is 12.0 Å². The van der Waals surface area contributed by atoms with E-state index in [9.17, 15) is 9.59 Å². The molecule has 0 radical (unpaired) electrons. The summed E-state index contributed by atoms with van der Waals surface area (Å²) in [7, 11) is 1.32. The molecule has 0 bridgehead atoms. The number of nitrogens with one attached hydrogen (secondary N) is 1. The second-order valence-corrected chi connectivity index (χ2v) is 6.63. The van der Waals surface area contributed by atoms with Crippen molar-refractivity contribution in [1.82, 2.24) is 0 Å². The van der Waals surface area contributed by atoms with Gasteiger partial charge in [0, 0.05) is 12.3 Å². The molecule has 6 nitrogen and oxygen atoms in total. The minimum absolute atomic E-state index is 0.0291. The summed E-state index contributed by atoms with van der Waals surface area (Å²) in [6.45, 7) is 6.32. The highest BCUT2D eigenvalue weighted by atomic mass is 16.5. The molecule has 1 amide bonds. The Labute approximate surface area is 155 Å². The number of benzene rings is 1. The van der Waals surface area contributed by atoms with Gasteiger partial charge in [-0.3, -0.25) is 4.79 Å². The van der Waals surface area contributed by atoms with Gasteiger partial charge in [-0.15, -0.1) is 0 Å². The average Bonchev–Trinajstić information content (AvgIpc) is 3.12. The highest BCUT2D eigenvalue weighted by Gasteiger charge is 2.42. The second-order valence-electron chi connectivity index (χ2n) is 6.63. The average molecular weight is 363 g/mol.